The van der Waals surface area contributed by atoms with Crippen LogP contribution in [-0.4, -0.2) is 23.2 Å². The average molecular weight is 295 g/mol. The highest BCUT2D eigenvalue weighted by atomic mass is 16.8. The van der Waals surface area contributed by atoms with E-state index >= 15 is 0 Å². The van der Waals surface area contributed by atoms with Gasteiger partial charge in [-0.25, -0.2) is 0 Å². The second-order valence-electron chi connectivity index (χ2n) is 6.68. The van der Waals surface area contributed by atoms with Crippen LogP contribution in [0.1, 0.15) is 26.3 Å². The van der Waals surface area contributed by atoms with Crippen molar-refractivity contribution in [2.45, 2.75) is 26.3 Å². The Bertz CT molecular complexity index is 754. The van der Waals surface area contributed by atoms with Crippen LogP contribution in [0.2, 0.25) is 0 Å². The van der Waals surface area contributed by atoms with Gasteiger partial charge in [0.15, 0.2) is 5.54 Å². The van der Waals surface area contributed by atoms with Gasteiger partial charge in [-0.3, -0.25) is 0 Å². The molecule has 22 heavy (non-hydrogen) atoms. The number of fused-ring (bicyclic) bond motifs is 3. The molecule has 2 aliphatic rings. The molecule has 2 heterocycles. The van der Waals surface area contributed by atoms with Crippen molar-refractivity contribution in [2.24, 2.45) is 0 Å². The Morgan fingerprint density at radius 3 is 2.09 bits per heavy atom. The molecule has 0 aromatic heterocycles. The standard InChI is InChI=1S/C17H18BNO3/c1-17(2,3)19-12-13-8-4-5-9-14(13)18(22-19)20-15-10-6-7-11-16(15)21-18/h4-12H,1-3H3. The molecule has 0 radical (unpaired) electrons. The first-order valence-corrected chi connectivity index (χ1v) is 7.51. The fourth-order valence-corrected chi connectivity index (χ4v) is 2.84. The topological polar surface area (TPSA) is 30.7 Å². The summed E-state index contributed by atoms with van der Waals surface area (Å²) in [6.07, 6.45) is 2.00. The lowest BCUT2D eigenvalue weighted by molar-refractivity contribution is -0.801. The molecule has 0 aliphatic carbocycles. The summed E-state index contributed by atoms with van der Waals surface area (Å²) in [5.41, 5.74) is 1.78. The lowest BCUT2D eigenvalue weighted by Gasteiger charge is -2.38. The van der Waals surface area contributed by atoms with Gasteiger partial charge in [0.2, 0.25) is 6.21 Å². The molecule has 0 saturated heterocycles. The molecule has 4 rings (SSSR count). The highest BCUT2D eigenvalue weighted by molar-refractivity contribution is 6.78. The molecular formula is C17H18BNO3. The first-order valence-electron chi connectivity index (χ1n) is 7.51. The van der Waals surface area contributed by atoms with Gasteiger partial charge in [0.1, 0.15) is 11.5 Å². The monoisotopic (exact) mass is 295 g/mol. The SMILES string of the molecule is CC(C)(C)[N+]1=Cc2ccccc2[B-]2(Oc3ccccc3O2)O1. The molecule has 0 bridgehead atoms. The van der Waals surface area contributed by atoms with Crippen LogP contribution in [0.3, 0.4) is 0 Å². The number of benzene rings is 2. The van der Waals surface area contributed by atoms with Crippen LogP contribution in [0, 0.1) is 0 Å². The van der Waals surface area contributed by atoms with E-state index in [1.165, 1.54) is 0 Å². The van der Waals surface area contributed by atoms with E-state index in [4.69, 9.17) is 14.1 Å². The van der Waals surface area contributed by atoms with E-state index in [0.29, 0.717) is 11.5 Å². The number of rotatable bonds is 0. The zero-order valence-electron chi connectivity index (χ0n) is 12.9. The van der Waals surface area contributed by atoms with Gasteiger partial charge in [0, 0.05) is 26.3 Å². The van der Waals surface area contributed by atoms with Gasteiger partial charge in [0.05, 0.1) is 0 Å². The third-order valence-corrected chi connectivity index (χ3v) is 3.96. The molecule has 2 aromatic carbocycles. The van der Waals surface area contributed by atoms with Crippen LogP contribution in [-0.2, 0) is 4.76 Å². The third kappa shape index (κ3) is 1.89. The van der Waals surface area contributed by atoms with Crippen molar-refractivity contribution in [3.05, 3.63) is 54.1 Å². The highest BCUT2D eigenvalue weighted by Gasteiger charge is 2.52. The molecule has 0 saturated carbocycles. The largest absolute Gasteiger partial charge is 0.640 e. The summed E-state index contributed by atoms with van der Waals surface area (Å²) in [6, 6.07) is 15.7. The van der Waals surface area contributed by atoms with Crippen molar-refractivity contribution in [1.29, 1.82) is 0 Å². The first kappa shape index (κ1) is 13.3. The first-order chi connectivity index (χ1) is 10.5. The van der Waals surface area contributed by atoms with E-state index in [1.807, 2.05) is 53.4 Å². The second-order valence-corrected chi connectivity index (χ2v) is 6.68. The van der Waals surface area contributed by atoms with E-state index in [9.17, 15) is 0 Å². The fraction of sp³-hybridized carbons (Fsp3) is 0.235. The van der Waals surface area contributed by atoms with E-state index in [0.717, 1.165) is 11.0 Å². The summed E-state index contributed by atoms with van der Waals surface area (Å²) in [7, 11) is 0. The van der Waals surface area contributed by atoms with Gasteiger partial charge >= 0.3 is 6.75 Å². The molecule has 0 unspecified atom stereocenters. The van der Waals surface area contributed by atoms with Gasteiger partial charge < -0.3 is 14.1 Å². The Labute approximate surface area is 129 Å². The smallest absolute Gasteiger partial charge is 0.634 e. The molecule has 4 nitrogen and oxygen atoms in total. The molecular weight excluding hydrogens is 277 g/mol. The van der Waals surface area contributed by atoms with Crippen LogP contribution in [0.15, 0.2) is 48.5 Å². The molecule has 0 atom stereocenters. The Morgan fingerprint density at radius 2 is 1.45 bits per heavy atom. The number of para-hydroxylation sites is 2. The molecule has 0 N–H and O–H groups in total. The summed E-state index contributed by atoms with van der Waals surface area (Å²) in [6.45, 7) is 4.21. The predicted octanol–water partition coefficient (Wildman–Crippen LogP) is 2.48. The van der Waals surface area contributed by atoms with Crippen molar-refractivity contribution in [2.75, 3.05) is 0 Å². The summed E-state index contributed by atoms with van der Waals surface area (Å²) in [4.78, 5) is 0. The molecule has 5 heteroatoms. The van der Waals surface area contributed by atoms with Crippen molar-refractivity contribution in [3.63, 3.8) is 0 Å². The molecule has 0 amide bonds. The summed E-state index contributed by atoms with van der Waals surface area (Å²) in [5, 5.41) is 0. The molecule has 2 aliphatic heterocycles. The quantitative estimate of drug-likeness (QED) is 0.552. The van der Waals surface area contributed by atoms with Gasteiger partial charge in [-0.15, -0.1) is 0 Å². The van der Waals surface area contributed by atoms with Crippen LogP contribution in [0.5, 0.6) is 11.5 Å². The number of hydroxylamine groups is 1. The lowest BCUT2D eigenvalue weighted by atomic mass is 9.66. The van der Waals surface area contributed by atoms with E-state index in [2.05, 4.69) is 26.8 Å². The predicted molar refractivity (Wildman–Crippen MR) is 85.8 cm³/mol. The highest BCUT2D eigenvalue weighted by Crippen LogP contribution is 2.38. The van der Waals surface area contributed by atoms with Crippen molar-refractivity contribution < 1.29 is 18.8 Å². The minimum Gasteiger partial charge on any atom is -0.640 e. The number of hydrogen-bond donors (Lipinski definition) is 0. The summed E-state index contributed by atoms with van der Waals surface area (Å²) < 4.78 is 20.3. The zero-order chi connectivity index (χ0) is 15.4. The Morgan fingerprint density at radius 1 is 0.864 bits per heavy atom. The van der Waals surface area contributed by atoms with Gasteiger partial charge in [-0.05, 0) is 12.1 Å². The van der Waals surface area contributed by atoms with Gasteiger partial charge in [-0.1, -0.05) is 46.6 Å². The number of hydrogen-bond acceptors (Lipinski definition) is 3. The lowest BCUT2D eigenvalue weighted by Crippen LogP contribution is -2.66. The zero-order valence-corrected chi connectivity index (χ0v) is 12.9. The molecule has 1 spiro atoms. The minimum absolute atomic E-state index is 0.205. The second kappa shape index (κ2) is 4.29. The van der Waals surface area contributed by atoms with Crippen molar-refractivity contribution >= 4 is 18.4 Å². The van der Waals surface area contributed by atoms with Crippen LogP contribution in [0.25, 0.3) is 0 Å². The third-order valence-electron chi connectivity index (χ3n) is 3.96. The number of nitrogens with zero attached hydrogens (tertiary/aromatic N) is 1. The Hall–Kier alpha value is -2.43. The van der Waals surface area contributed by atoms with Gasteiger partial charge in [-0.2, -0.15) is 0 Å². The van der Waals surface area contributed by atoms with Crippen LogP contribution >= 0.6 is 0 Å². The Balaban J connectivity index is 1.87. The summed E-state index contributed by atoms with van der Waals surface area (Å²) >= 11 is 0. The Kier molecular flexibility index (Phi) is 2.58. The fourth-order valence-electron chi connectivity index (χ4n) is 2.84. The molecule has 2 aromatic rings. The summed E-state index contributed by atoms with van der Waals surface area (Å²) in [5.74, 6) is 1.43. The molecule has 0 fully saturated rings. The van der Waals surface area contributed by atoms with Crippen LogP contribution < -0.4 is 14.8 Å². The maximum atomic E-state index is 6.20. The maximum Gasteiger partial charge on any atom is 0.634 e. The van der Waals surface area contributed by atoms with Crippen LogP contribution in [0.4, 0.5) is 0 Å². The van der Waals surface area contributed by atoms with Crippen molar-refractivity contribution in [3.8, 4) is 11.5 Å². The average Bonchev–Trinajstić information content (AvgIpc) is 2.85. The minimum atomic E-state index is -2.05. The van der Waals surface area contributed by atoms with E-state index < -0.39 is 6.75 Å². The normalized spacial score (nSPS) is 17.7. The van der Waals surface area contributed by atoms with E-state index in [-0.39, 0.29) is 5.54 Å². The van der Waals surface area contributed by atoms with Gasteiger partial charge in [0.25, 0.3) is 0 Å². The van der Waals surface area contributed by atoms with E-state index in [1.54, 1.807) is 0 Å². The van der Waals surface area contributed by atoms with Crippen molar-refractivity contribution in [1.82, 2.24) is 0 Å². The maximum absolute atomic E-state index is 6.20. The molecule has 112 valence electrons.